The molecule has 0 saturated heterocycles. The molecule has 8 heteroatoms. The molecule has 0 spiro atoms. The van der Waals surface area contributed by atoms with Crippen LogP contribution in [-0.2, 0) is 15.6 Å². The number of halogens is 1. The lowest BCUT2D eigenvalue weighted by molar-refractivity contribution is 0.0698. The van der Waals surface area contributed by atoms with Crippen molar-refractivity contribution < 1.29 is 23.1 Å². The number of rotatable bonds is 5. The van der Waals surface area contributed by atoms with Gasteiger partial charge in [-0.15, -0.1) is 0 Å². The number of sulfone groups is 1. The Morgan fingerprint density at radius 3 is 2.29 bits per heavy atom. The van der Waals surface area contributed by atoms with E-state index in [-0.39, 0.29) is 17.0 Å². The van der Waals surface area contributed by atoms with E-state index in [0.717, 1.165) is 6.26 Å². The molecule has 1 amide bonds. The van der Waals surface area contributed by atoms with Gasteiger partial charge in [-0.1, -0.05) is 28.1 Å². The minimum atomic E-state index is -3.15. The highest BCUT2D eigenvalue weighted by Gasteiger charge is 2.14. The summed E-state index contributed by atoms with van der Waals surface area (Å²) in [5, 5.41) is 11.7. The molecule has 0 unspecified atom stereocenters. The Balaban J connectivity index is 2.20. The van der Waals surface area contributed by atoms with Crippen LogP contribution in [0.5, 0.6) is 0 Å². The molecular weight excluding hydrogens is 398 g/mol. The van der Waals surface area contributed by atoms with Crippen LogP contribution in [0.1, 0.15) is 26.3 Å². The first kappa shape index (κ1) is 18.2. The number of carboxylic acids is 1. The van der Waals surface area contributed by atoms with Gasteiger partial charge in [0.25, 0.3) is 5.91 Å². The Kier molecular flexibility index (Phi) is 5.40. The van der Waals surface area contributed by atoms with Crippen molar-refractivity contribution >= 4 is 43.3 Å². The SMILES string of the molecule is CS(=O)(=O)Cc1ccc(C(=O)Nc2ccc(Br)cc2C(=O)O)cc1. The van der Waals surface area contributed by atoms with E-state index in [9.17, 15) is 23.1 Å². The summed E-state index contributed by atoms with van der Waals surface area (Å²) < 4.78 is 23.1. The average molecular weight is 412 g/mol. The molecule has 6 nitrogen and oxygen atoms in total. The Bertz CT molecular complexity index is 891. The zero-order chi connectivity index (χ0) is 17.9. The third-order valence-electron chi connectivity index (χ3n) is 3.11. The predicted octanol–water partition coefficient (Wildman–Crippen LogP) is 2.94. The summed E-state index contributed by atoms with van der Waals surface area (Å²) in [5.74, 6) is -1.74. The summed E-state index contributed by atoms with van der Waals surface area (Å²) in [6.07, 6.45) is 1.13. The van der Waals surface area contributed by atoms with Crippen molar-refractivity contribution in [3.63, 3.8) is 0 Å². The smallest absolute Gasteiger partial charge is 0.337 e. The average Bonchev–Trinajstić information content (AvgIpc) is 2.48. The standard InChI is InChI=1S/C16H14BrNO5S/c1-24(22,23)9-10-2-4-11(5-3-10)15(19)18-14-7-6-12(17)8-13(14)16(20)21/h2-8H,9H2,1H3,(H,18,19)(H,20,21). The lowest BCUT2D eigenvalue weighted by Crippen LogP contribution is -2.15. The highest BCUT2D eigenvalue weighted by molar-refractivity contribution is 9.10. The first-order valence-corrected chi connectivity index (χ1v) is 9.62. The van der Waals surface area contributed by atoms with Crippen LogP contribution < -0.4 is 5.32 Å². The third kappa shape index (κ3) is 4.90. The van der Waals surface area contributed by atoms with Gasteiger partial charge in [-0.05, 0) is 35.9 Å². The van der Waals surface area contributed by atoms with Crippen molar-refractivity contribution in [2.45, 2.75) is 5.75 Å². The van der Waals surface area contributed by atoms with Crippen LogP contribution in [0.2, 0.25) is 0 Å². The molecule has 0 saturated carbocycles. The molecule has 2 aromatic rings. The number of carbonyl (C=O) groups excluding carboxylic acids is 1. The summed E-state index contributed by atoms with van der Waals surface area (Å²) in [7, 11) is -3.15. The van der Waals surface area contributed by atoms with Crippen LogP contribution in [0.3, 0.4) is 0 Å². The number of hydrogen-bond acceptors (Lipinski definition) is 4. The van der Waals surface area contributed by atoms with E-state index in [1.54, 1.807) is 18.2 Å². The van der Waals surface area contributed by atoms with Gasteiger partial charge >= 0.3 is 5.97 Å². The predicted molar refractivity (Wildman–Crippen MR) is 94.0 cm³/mol. The van der Waals surface area contributed by atoms with E-state index in [4.69, 9.17) is 0 Å². The van der Waals surface area contributed by atoms with Gasteiger partial charge in [0, 0.05) is 16.3 Å². The quantitative estimate of drug-likeness (QED) is 0.787. The van der Waals surface area contributed by atoms with Crippen LogP contribution >= 0.6 is 15.9 Å². The van der Waals surface area contributed by atoms with Crippen molar-refractivity contribution in [1.29, 1.82) is 0 Å². The van der Waals surface area contributed by atoms with Gasteiger partial charge in [0.05, 0.1) is 17.0 Å². The number of aromatic carboxylic acids is 1. The molecule has 0 radical (unpaired) electrons. The number of anilines is 1. The molecule has 126 valence electrons. The van der Waals surface area contributed by atoms with E-state index in [1.165, 1.54) is 24.3 Å². The molecule has 0 aliphatic carbocycles. The zero-order valence-corrected chi connectivity index (χ0v) is 15.0. The summed E-state index contributed by atoms with van der Waals surface area (Å²) >= 11 is 3.18. The minimum Gasteiger partial charge on any atom is -0.478 e. The number of nitrogens with one attached hydrogen (secondary N) is 1. The van der Waals surface area contributed by atoms with Gasteiger partial charge in [0.1, 0.15) is 0 Å². The summed E-state index contributed by atoms with van der Waals surface area (Å²) in [4.78, 5) is 23.5. The number of carbonyl (C=O) groups is 2. The van der Waals surface area contributed by atoms with E-state index in [0.29, 0.717) is 15.6 Å². The summed E-state index contributed by atoms with van der Waals surface area (Å²) in [6.45, 7) is 0. The largest absolute Gasteiger partial charge is 0.478 e. The number of amides is 1. The van der Waals surface area contributed by atoms with Crippen molar-refractivity contribution in [3.8, 4) is 0 Å². The second-order valence-electron chi connectivity index (χ2n) is 5.22. The topological polar surface area (TPSA) is 101 Å². The fraction of sp³-hybridized carbons (Fsp3) is 0.125. The fourth-order valence-electron chi connectivity index (χ4n) is 2.05. The normalized spacial score (nSPS) is 11.1. The molecule has 0 aliphatic rings. The fourth-order valence-corrected chi connectivity index (χ4v) is 3.21. The van der Waals surface area contributed by atoms with Gasteiger partial charge in [-0.25, -0.2) is 13.2 Å². The molecule has 24 heavy (non-hydrogen) atoms. The Hall–Kier alpha value is -2.19. The number of carboxylic acid groups (broad SMARTS) is 1. The zero-order valence-electron chi connectivity index (χ0n) is 12.6. The number of hydrogen-bond donors (Lipinski definition) is 2. The molecule has 2 rings (SSSR count). The monoisotopic (exact) mass is 411 g/mol. The van der Waals surface area contributed by atoms with Crippen molar-refractivity contribution in [2.24, 2.45) is 0 Å². The van der Waals surface area contributed by atoms with Crippen molar-refractivity contribution in [3.05, 3.63) is 63.6 Å². The van der Waals surface area contributed by atoms with Crippen LogP contribution in [0.25, 0.3) is 0 Å². The van der Waals surface area contributed by atoms with Gasteiger partial charge in [0.2, 0.25) is 0 Å². The van der Waals surface area contributed by atoms with Crippen molar-refractivity contribution in [2.75, 3.05) is 11.6 Å². The Morgan fingerprint density at radius 1 is 1.12 bits per heavy atom. The maximum Gasteiger partial charge on any atom is 0.337 e. The van der Waals surface area contributed by atoms with E-state index >= 15 is 0 Å². The van der Waals surface area contributed by atoms with Gasteiger partial charge < -0.3 is 10.4 Å². The molecule has 2 aromatic carbocycles. The Morgan fingerprint density at radius 2 is 1.75 bits per heavy atom. The lowest BCUT2D eigenvalue weighted by atomic mass is 10.1. The molecular formula is C16H14BrNO5S. The summed E-state index contributed by atoms with van der Waals surface area (Å²) in [5.41, 5.74) is 1.01. The lowest BCUT2D eigenvalue weighted by Gasteiger charge is -2.09. The molecule has 0 heterocycles. The van der Waals surface area contributed by atoms with E-state index in [2.05, 4.69) is 21.2 Å². The maximum absolute atomic E-state index is 12.2. The van der Waals surface area contributed by atoms with Crippen LogP contribution in [-0.4, -0.2) is 31.7 Å². The van der Waals surface area contributed by atoms with Crippen LogP contribution in [0.15, 0.2) is 46.9 Å². The second-order valence-corrected chi connectivity index (χ2v) is 8.27. The van der Waals surface area contributed by atoms with Crippen LogP contribution in [0.4, 0.5) is 5.69 Å². The summed E-state index contributed by atoms with van der Waals surface area (Å²) in [6, 6.07) is 10.6. The number of benzene rings is 2. The van der Waals surface area contributed by atoms with E-state index < -0.39 is 21.7 Å². The van der Waals surface area contributed by atoms with Gasteiger partial charge in [-0.2, -0.15) is 0 Å². The second kappa shape index (κ2) is 7.14. The molecule has 0 fully saturated rings. The van der Waals surface area contributed by atoms with Gasteiger partial charge in [-0.3, -0.25) is 4.79 Å². The molecule has 2 N–H and O–H groups in total. The first-order chi connectivity index (χ1) is 11.2. The first-order valence-electron chi connectivity index (χ1n) is 6.76. The Labute approximate surface area is 147 Å². The molecule has 0 aromatic heterocycles. The maximum atomic E-state index is 12.2. The molecule has 0 bridgehead atoms. The minimum absolute atomic E-state index is 0.0357. The highest BCUT2D eigenvalue weighted by atomic mass is 79.9. The van der Waals surface area contributed by atoms with Crippen molar-refractivity contribution in [1.82, 2.24) is 0 Å². The highest BCUT2D eigenvalue weighted by Crippen LogP contribution is 2.22. The molecule has 0 aliphatic heterocycles. The van der Waals surface area contributed by atoms with E-state index in [1.807, 2.05) is 0 Å². The van der Waals surface area contributed by atoms with Crippen LogP contribution in [0, 0.1) is 0 Å². The van der Waals surface area contributed by atoms with Gasteiger partial charge in [0.15, 0.2) is 9.84 Å². The third-order valence-corrected chi connectivity index (χ3v) is 4.46. The molecule has 0 atom stereocenters.